The molecule has 4 nitrogen and oxygen atoms in total. The maximum atomic E-state index is 11.6. The molecule has 4 heteroatoms. The van der Waals surface area contributed by atoms with Gasteiger partial charge in [-0.05, 0) is 32.4 Å². The molecule has 0 spiro atoms. The van der Waals surface area contributed by atoms with Gasteiger partial charge in [0.15, 0.2) is 0 Å². The lowest BCUT2D eigenvalue weighted by Gasteiger charge is -2.13. The monoisotopic (exact) mass is 276 g/mol. The second kappa shape index (κ2) is 8.15. The minimum Gasteiger partial charge on any atom is -0.463 e. The van der Waals surface area contributed by atoms with Crippen LogP contribution >= 0.6 is 0 Å². The molecule has 0 aliphatic rings. The first kappa shape index (κ1) is 16.0. The summed E-state index contributed by atoms with van der Waals surface area (Å²) >= 11 is 0. The molecule has 0 N–H and O–H groups in total. The van der Waals surface area contributed by atoms with Crippen molar-refractivity contribution in [3.63, 3.8) is 0 Å². The lowest BCUT2D eigenvalue weighted by Crippen LogP contribution is -2.20. The van der Waals surface area contributed by atoms with Crippen LogP contribution in [0.4, 0.5) is 0 Å². The fourth-order valence-electron chi connectivity index (χ4n) is 1.55. The van der Waals surface area contributed by atoms with Gasteiger partial charge < -0.3 is 9.47 Å². The summed E-state index contributed by atoms with van der Waals surface area (Å²) in [6.07, 6.45) is 2.40. The van der Waals surface area contributed by atoms with Crippen molar-refractivity contribution in [1.29, 1.82) is 0 Å². The third kappa shape index (κ3) is 6.73. The van der Waals surface area contributed by atoms with Crippen molar-refractivity contribution in [1.82, 2.24) is 0 Å². The van der Waals surface area contributed by atoms with Crippen LogP contribution in [0, 0.1) is 0 Å². The van der Waals surface area contributed by atoms with Crippen molar-refractivity contribution >= 4 is 18.0 Å². The van der Waals surface area contributed by atoms with E-state index in [1.54, 1.807) is 26.8 Å². The van der Waals surface area contributed by atoms with Gasteiger partial charge in [-0.3, -0.25) is 4.79 Å². The maximum Gasteiger partial charge on any atom is 0.331 e. The van der Waals surface area contributed by atoms with E-state index >= 15 is 0 Å². The second-order valence-electron chi connectivity index (χ2n) is 4.73. The van der Waals surface area contributed by atoms with Gasteiger partial charge in [-0.1, -0.05) is 30.3 Å². The summed E-state index contributed by atoms with van der Waals surface area (Å²) in [4.78, 5) is 23.0. The molecule has 1 unspecified atom stereocenters. The van der Waals surface area contributed by atoms with E-state index in [0.29, 0.717) is 0 Å². The minimum atomic E-state index is -0.505. The molecule has 0 heterocycles. The smallest absolute Gasteiger partial charge is 0.331 e. The second-order valence-corrected chi connectivity index (χ2v) is 4.73. The van der Waals surface area contributed by atoms with Crippen molar-refractivity contribution in [2.75, 3.05) is 0 Å². The van der Waals surface area contributed by atoms with Gasteiger partial charge >= 0.3 is 11.9 Å². The molecule has 0 amide bonds. The Labute approximate surface area is 119 Å². The summed E-state index contributed by atoms with van der Waals surface area (Å²) in [5, 5.41) is 0. The molecule has 20 heavy (non-hydrogen) atoms. The zero-order valence-corrected chi connectivity index (χ0v) is 12.0. The highest BCUT2D eigenvalue weighted by molar-refractivity contribution is 5.87. The van der Waals surface area contributed by atoms with Crippen LogP contribution in [-0.2, 0) is 19.1 Å². The summed E-state index contributed by atoms with van der Waals surface area (Å²) in [5.41, 5.74) is 0.913. The number of esters is 2. The number of ether oxygens (including phenoxy) is 2. The number of rotatable bonds is 6. The largest absolute Gasteiger partial charge is 0.463 e. The zero-order valence-electron chi connectivity index (χ0n) is 12.0. The number of carbonyl (C=O) groups excluding carboxylic acids is 2. The Kier molecular flexibility index (Phi) is 6.50. The van der Waals surface area contributed by atoms with Crippen molar-refractivity contribution in [3.8, 4) is 0 Å². The van der Waals surface area contributed by atoms with Crippen molar-refractivity contribution in [2.45, 2.75) is 39.4 Å². The van der Waals surface area contributed by atoms with Gasteiger partial charge in [-0.15, -0.1) is 0 Å². The van der Waals surface area contributed by atoms with Gasteiger partial charge in [0.25, 0.3) is 0 Å². The molecule has 1 aromatic rings. The Balaban J connectivity index is 2.38. The van der Waals surface area contributed by atoms with Gasteiger partial charge in [0.05, 0.1) is 12.5 Å². The van der Waals surface area contributed by atoms with E-state index in [1.165, 1.54) is 6.08 Å². The van der Waals surface area contributed by atoms with Crippen LogP contribution in [0.15, 0.2) is 36.4 Å². The van der Waals surface area contributed by atoms with Gasteiger partial charge in [-0.25, -0.2) is 4.79 Å². The number of carbonyl (C=O) groups is 2. The summed E-state index contributed by atoms with van der Waals surface area (Å²) < 4.78 is 10.1. The topological polar surface area (TPSA) is 52.6 Å². The molecular weight excluding hydrogens is 256 g/mol. The molecule has 1 rings (SSSR count). The number of hydrogen-bond acceptors (Lipinski definition) is 4. The molecule has 0 aliphatic heterocycles. The van der Waals surface area contributed by atoms with Gasteiger partial charge in [0, 0.05) is 6.08 Å². The molecule has 0 saturated carbocycles. The van der Waals surface area contributed by atoms with E-state index in [4.69, 9.17) is 9.47 Å². The Bertz CT molecular complexity index is 463. The fraction of sp³-hybridized carbons (Fsp3) is 0.375. The van der Waals surface area contributed by atoms with E-state index < -0.39 is 12.1 Å². The highest BCUT2D eigenvalue weighted by atomic mass is 16.6. The average molecular weight is 276 g/mol. The van der Waals surface area contributed by atoms with E-state index in [-0.39, 0.29) is 18.5 Å². The zero-order chi connectivity index (χ0) is 15.0. The summed E-state index contributed by atoms with van der Waals surface area (Å²) in [6, 6.07) is 9.43. The first-order valence-electron chi connectivity index (χ1n) is 6.60. The summed E-state index contributed by atoms with van der Waals surface area (Å²) in [6.45, 7) is 5.21. The van der Waals surface area contributed by atoms with Gasteiger partial charge in [-0.2, -0.15) is 0 Å². The van der Waals surface area contributed by atoms with Crippen molar-refractivity contribution < 1.29 is 19.1 Å². The van der Waals surface area contributed by atoms with Gasteiger partial charge in [0.1, 0.15) is 6.10 Å². The molecule has 0 aliphatic carbocycles. The van der Waals surface area contributed by atoms with E-state index in [1.807, 2.05) is 30.3 Å². The predicted octanol–water partition coefficient (Wildman–Crippen LogP) is 2.97. The molecule has 0 aromatic heterocycles. The first-order chi connectivity index (χ1) is 9.47. The normalized spacial score (nSPS) is 12.4. The quantitative estimate of drug-likeness (QED) is 0.592. The van der Waals surface area contributed by atoms with E-state index in [9.17, 15) is 9.59 Å². The molecule has 0 saturated heterocycles. The number of benzene rings is 1. The van der Waals surface area contributed by atoms with Crippen LogP contribution in [0.3, 0.4) is 0 Å². The van der Waals surface area contributed by atoms with Crippen molar-refractivity contribution in [2.24, 2.45) is 0 Å². The third-order valence-electron chi connectivity index (χ3n) is 2.35. The van der Waals surface area contributed by atoms with Crippen LogP contribution < -0.4 is 0 Å². The molecule has 0 fully saturated rings. The van der Waals surface area contributed by atoms with Crippen molar-refractivity contribution in [3.05, 3.63) is 42.0 Å². The molecule has 108 valence electrons. The summed E-state index contributed by atoms with van der Waals surface area (Å²) in [7, 11) is 0. The fourth-order valence-corrected chi connectivity index (χ4v) is 1.55. The van der Waals surface area contributed by atoms with Crippen LogP contribution in [0.5, 0.6) is 0 Å². The van der Waals surface area contributed by atoms with E-state index in [2.05, 4.69) is 0 Å². The number of hydrogen-bond donors (Lipinski definition) is 0. The first-order valence-corrected chi connectivity index (χ1v) is 6.60. The average Bonchev–Trinajstić information content (AvgIpc) is 2.36. The van der Waals surface area contributed by atoms with E-state index in [0.717, 1.165) is 5.56 Å². The Morgan fingerprint density at radius 2 is 1.75 bits per heavy atom. The summed E-state index contributed by atoms with van der Waals surface area (Å²) in [5.74, 6) is -0.842. The maximum absolute atomic E-state index is 11.6. The van der Waals surface area contributed by atoms with Crippen LogP contribution in [0.1, 0.15) is 32.8 Å². The highest BCUT2D eigenvalue weighted by Gasteiger charge is 2.14. The highest BCUT2D eigenvalue weighted by Crippen LogP contribution is 2.05. The third-order valence-corrected chi connectivity index (χ3v) is 2.35. The lowest BCUT2D eigenvalue weighted by molar-refractivity contribution is -0.153. The molecule has 1 aromatic carbocycles. The molecule has 1 atom stereocenters. The van der Waals surface area contributed by atoms with Crippen LogP contribution in [0.2, 0.25) is 0 Å². The standard InChI is InChI=1S/C16H20O4/c1-12(2)19-16(18)11-13(3)20-15(17)10-9-14-7-5-4-6-8-14/h4-10,12-13H,11H2,1-3H3/b10-9+. The Morgan fingerprint density at radius 1 is 1.10 bits per heavy atom. The molecule has 0 radical (unpaired) electrons. The Morgan fingerprint density at radius 3 is 2.35 bits per heavy atom. The Hall–Kier alpha value is -2.10. The molecular formula is C16H20O4. The minimum absolute atomic E-state index is 0.0586. The predicted molar refractivity (Wildman–Crippen MR) is 76.9 cm³/mol. The van der Waals surface area contributed by atoms with Crippen LogP contribution in [-0.4, -0.2) is 24.1 Å². The SMILES string of the molecule is CC(C)OC(=O)CC(C)OC(=O)/C=C/c1ccccc1. The van der Waals surface area contributed by atoms with Gasteiger partial charge in [0.2, 0.25) is 0 Å². The van der Waals surface area contributed by atoms with Crippen LogP contribution in [0.25, 0.3) is 6.08 Å². The molecule has 0 bridgehead atoms. The lowest BCUT2D eigenvalue weighted by atomic mass is 10.2.